The van der Waals surface area contributed by atoms with E-state index in [0.29, 0.717) is 19.0 Å². The number of rotatable bonds is 6. The van der Waals surface area contributed by atoms with Crippen molar-refractivity contribution in [1.29, 1.82) is 0 Å². The Kier molecular flexibility index (Phi) is 6.44. The van der Waals surface area contributed by atoms with Crippen LogP contribution in [0, 0.1) is 5.92 Å². The molecule has 1 aliphatic rings. The van der Waals surface area contributed by atoms with E-state index in [-0.39, 0.29) is 11.8 Å². The van der Waals surface area contributed by atoms with Gasteiger partial charge in [0.25, 0.3) is 0 Å². The highest BCUT2D eigenvalue weighted by Gasteiger charge is 2.13. The molecule has 126 valence electrons. The summed E-state index contributed by atoms with van der Waals surface area (Å²) in [6, 6.07) is 6.33. The van der Waals surface area contributed by atoms with Gasteiger partial charge in [-0.15, -0.1) is 0 Å². The molecule has 1 aromatic carbocycles. The number of carbonyl (C=O) groups is 1. The molecule has 0 aromatic heterocycles. The minimum Gasteiger partial charge on any atom is -0.370 e. The fraction of sp³-hybridized carbons (Fsp3) is 0.556. The first kappa shape index (κ1) is 17.3. The van der Waals surface area contributed by atoms with Gasteiger partial charge in [-0.2, -0.15) is 0 Å². The van der Waals surface area contributed by atoms with Gasteiger partial charge in [0.1, 0.15) is 0 Å². The zero-order valence-electron chi connectivity index (χ0n) is 14.2. The summed E-state index contributed by atoms with van der Waals surface area (Å²) in [5, 5.41) is 6.11. The Morgan fingerprint density at radius 3 is 2.87 bits per heavy atom. The van der Waals surface area contributed by atoms with Crippen LogP contribution >= 0.6 is 0 Å². The Hall–Kier alpha value is -2.04. The van der Waals surface area contributed by atoms with Gasteiger partial charge < -0.3 is 16.4 Å². The summed E-state index contributed by atoms with van der Waals surface area (Å²) >= 11 is 0. The average molecular weight is 316 g/mol. The lowest BCUT2D eigenvalue weighted by atomic mass is 9.90. The van der Waals surface area contributed by atoms with Crippen LogP contribution in [0.15, 0.2) is 23.2 Å². The van der Waals surface area contributed by atoms with Crippen LogP contribution in [0.4, 0.5) is 5.69 Å². The first-order chi connectivity index (χ1) is 11.1. The number of aryl methyl sites for hydroxylation is 1. The van der Waals surface area contributed by atoms with Gasteiger partial charge in [0.15, 0.2) is 5.96 Å². The highest BCUT2D eigenvalue weighted by Crippen LogP contribution is 2.27. The number of amides is 1. The molecule has 0 fully saturated rings. The summed E-state index contributed by atoms with van der Waals surface area (Å²) in [7, 11) is 0. The van der Waals surface area contributed by atoms with Gasteiger partial charge in [-0.3, -0.25) is 9.79 Å². The Labute approximate surface area is 138 Å². The normalized spacial score (nSPS) is 14.5. The van der Waals surface area contributed by atoms with E-state index in [1.54, 1.807) is 0 Å². The molecule has 5 nitrogen and oxygen atoms in total. The summed E-state index contributed by atoms with van der Waals surface area (Å²) in [5.74, 6) is 0.546. The van der Waals surface area contributed by atoms with Gasteiger partial charge in [-0.1, -0.05) is 26.0 Å². The van der Waals surface area contributed by atoms with Crippen molar-refractivity contribution >= 4 is 17.6 Å². The van der Waals surface area contributed by atoms with Crippen LogP contribution in [0.1, 0.15) is 44.2 Å². The number of hydrogen-bond acceptors (Lipinski definition) is 2. The highest BCUT2D eigenvalue weighted by molar-refractivity contribution is 5.93. The van der Waals surface area contributed by atoms with Crippen molar-refractivity contribution in [2.24, 2.45) is 16.6 Å². The number of carbonyl (C=O) groups excluding carboxylic acids is 1. The molecule has 0 unspecified atom stereocenters. The van der Waals surface area contributed by atoms with Crippen molar-refractivity contribution in [2.75, 3.05) is 18.4 Å². The van der Waals surface area contributed by atoms with Crippen LogP contribution in [0.3, 0.4) is 0 Å². The van der Waals surface area contributed by atoms with Crippen molar-refractivity contribution in [3.63, 3.8) is 0 Å². The van der Waals surface area contributed by atoms with E-state index >= 15 is 0 Å². The van der Waals surface area contributed by atoms with E-state index in [1.807, 2.05) is 13.8 Å². The first-order valence-corrected chi connectivity index (χ1v) is 8.53. The molecule has 0 heterocycles. The molecule has 1 amide bonds. The largest absolute Gasteiger partial charge is 0.370 e. The molecule has 1 aliphatic carbocycles. The van der Waals surface area contributed by atoms with Crippen LogP contribution in [0.2, 0.25) is 0 Å². The van der Waals surface area contributed by atoms with Crippen LogP contribution in [0.25, 0.3) is 0 Å². The molecule has 4 N–H and O–H groups in total. The Bertz CT molecular complexity index is 566. The number of fused-ring (bicyclic) bond motifs is 1. The lowest BCUT2D eigenvalue weighted by Gasteiger charge is -2.19. The lowest BCUT2D eigenvalue weighted by Crippen LogP contribution is -2.29. The van der Waals surface area contributed by atoms with E-state index in [0.717, 1.165) is 24.9 Å². The standard InChI is InChI=1S/C18H28N4O/c1-13(2)17(23)20-11-6-12-21-18(19)22-16-10-5-8-14-7-3-4-9-15(14)16/h5,8,10,13H,3-4,6-7,9,11-12H2,1-2H3,(H,20,23)(H3,19,21,22). The fourth-order valence-corrected chi connectivity index (χ4v) is 2.77. The smallest absolute Gasteiger partial charge is 0.222 e. The van der Waals surface area contributed by atoms with Gasteiger partial charge in [0, 0.05) is 24.7 Å². The molecule has 23 heavy (non-hydrogen) atoms. The maximum Gasteiger partial charge on any atom is 0.222 e. The monoisotopic (exact) mass is 316 g/mol. The number of anilines is 1. The average Bonchev–Trinajstić information content (AvgIpc) is 2.54. The quantitative estimate of drug-likeness (QED) is 0.428. The molecule has 0 spiro atoms. The zero-order valence-corrected chi connectivity index (χ0v) is 14.2. The summed E-state index contributed by atoms with van der Waals surface area (Å²) in [6.45, 7) is 5.01. The van der Waals surface area contributed by atoms with Gasteiger partial charge in [-0.25, -0.2) is 0 Å². The van der Waals surface area contributed by atoms with Crippen molar-refractivity contribution in [3.8, 4) is 0 Å². The third kappa shape index (κ3) is 5.27. The molecule has 0 bridgehead atoms. The van der Waals surface area contributed by atoms with Crippen molar-refractivity contribution in [3.05, 3.63) is 29.3 Å². The van der Waals surface area contributed by atoms with Gasteiger partial charge in [0.05, 0.1) is 0 Å². The molecule has 0 saturated carbocycles. The Balaban J connectivity index is 1.80. The lowest BCUT2D eigenvalue weighted by molar-refractivity contribution is -0.123. The predicted octanol–water partition coefficient (Wildman–Crippen LogP) is 2.45. The Morgan fingerprint density at radius 2 is 2.09 bits per heavy atom. The Morgan fingerprint density at radius 1 is 1.30 bits per heavy atom. The minimum atomic E-state index is 0.0227. The van der Waals surface area contributed by atoms with E-state index in [1.165, 1.54) is 24.0 Å². The third-order valence-electron chi connectivity index (χ3n) is 4.10. The van der Waals surface area contributed by atoms with Crippen LogP contribution in [-0.2, 0) is 17.6 Å². The maximum atomic E-state index is 11.4. The summed E-state index contributed by atoms with van der Waals surface area (Å²) in [6.07, 6.45) is 5.54. The predicted molar refractivity (Wildman–Crippen MR) is 95.7 cm³/mol. The second kappa shape index (κ2) is 8.56. The first-order valence-electron chi connectivity index (χ1n) is 8.53. The maximum absolute atomic E-state index is 11.4. The minimum absolute atomic E-state index is 0.0227. The number of nitrogens with zero attached hydrogens (tertiary/aromatic N) is 1. The molecule has 0 radical (unpaired) electrons. The number of aliphatic imine (C=N–C) groups is 1. The van der Waals surface area contributed by atoms with Crippen LogP contribution in [-0.4, -0.2) is 25.0 Å². The van der Waals surface area contributed by atoms with Gasteiger partial charge in [-0.05, 0) is 49.3 Å². The van der Waals surface area contributed by atoms with Gasteiger partial charge >= 0.3 is 0 Å². The van der Waals surface area contributed by atoms with E-state index in [2.05, 4.69) is 33.8 Å². The molecule has 5 heteroatoms. The van der Waals surface area contributed by atoms with Crippen LogP contribution in [0.5, 0.6) is 0 Å². The summed E-state index contributed by atoms with van der Waals surface area (Å²) in [5.41, 5.74) is 9.86. The number of nitrogens with one attached hydrogen (secondary N) is 2. The fourth-order valence-electron chi connectivity index (χ4n) is 2.77. The van der Waals surface area contributed by atoms with Crippen molar-refractivity contribution in [1.82, 2.24) is 5.32 Å². The molecule has 1 aromatic rings. The second-order valence-corrected chi connectivity index (χ2v) is 6.34. The number of guanidine groups is 1. The van der Waals surface area contributed by atoms with E-state index in [4.69, 9.17) is 5.73 Å². The molecule has 2 rings (SSSR count). The second-order valence-electron chi connectivity index (χ2n) is 6.34. The summed E-state index contributed by atoms with van der Waals surface area (Å²) < 4.78 is 0. The topological polar surface area (TPSA) is 79.5 Å². The van der Waals surface area contributed by atoms with E-state index < -0.39 is 0 Å². The summed E-state index contributed by atoms with van der Waals surface area (Å²) in [4.78, 5) is 15.8. The molecule has 0 aliphatic heterocycles. The third-order valence-corrected chi connectivity index (χ3v) is 4.10. The molecular formula is C18H28N4O. The van der Waals surface area contributed by atoms with Crippen molar-refractivity contribution in [2.45, 2.75) is 46.0 Å². The number of benzene rings is 1. The SMILES string of the molecule is CC(C)C(=O)NCCCN=C(N)Nc1cccc2c1CCCC2. The van der Waals surface area contributed by atoms with Crippen molar-refractivity contribution < 1.29 is 4.79 Å². The molecule has 0 atom stereocenters. The van der Waals surface area contributed by atoms with Gasteiger partial charge in [0.2, 0.25) is 5.91 Å². The highest BCUT2D eigenvalue weighted by atomic mass is 16.1. The number of hydrogen-bond donors (Lipinski definition) is 3. The molecule has 0 saturated heterocycles. The zero-order chi connectivity index (χ0) is 16.7. The molecular weight excluding hydrogens is 288 g/mol. The van der Waals surface area contributed by atoms with Crippen LogP contribution < -0.4 is 16.4 Å². The van der Waals surface area contributed by atoms with E-state index in [9.17, 15) is 4.79 Å². The number of nitrogens with two attached hydrogens (primary N) is 1.